The van der Waals surface area contributed by atoms with Gasteiger partial charge in [-0.25, -0.2) is 4.79 Å². The summed E-state index contributed by atoms with van der Waals surface area (Å²) in [7, 11) is 0. The molecule has 0 saturated heterocycles. The van der Waals surface area contributed by atoms with Crippen LogP contribution in [-0.2, 0) is 9.53 Å². The molecule has 1 aliphatic rings. The van der Waals surface area contributed by atoms with E-state index >= 15 is 0 Å². The Kier molecular flexibility index (Phi) is 3.17. The maximum atomic E-state index is 11.6. The van der Waals surface area contributed by atoms with Crippen LogP contribution in [0.5, 0.6) is 0 Å². The van der Waals surface area contributed by atoms with Crippen LogP contribution in [0.1, 0.15) is 40.5 Å². The Hall–Kier alpha value is -1.26. The lowest BCUT2D eigenvalue weighted by atomic mass is 9.95. The van der Waals surface area contributed by atoms with Gasteiger partial charge in [-0.05, 0) is 46.5 Å². The molecule has 0 unspecified atom stereocenters. The standard InChI is InChI=1S/C11H20N2O3/c1-10(2,3)16-9(15)13-11(4,8(12)14)7-5-6-7/h7H,5-6H2,1-4H3,(H2,12,14)(H,13,15)/t11-/m1/s1. The summed E-state index contributed by atoms with van der Waals surface area (Å²) in [6.45, 7) is 6.96. The predicted molar refractivity (Wildman–Crippen MR) is 59.7 cm³/mol. The minimum absolute atomic E-state index is 0.137. The topological polar surface area (TPSA) is 81.4 Å². The number of rotatable bonds is 3. The molecule has 0 aromatic carbocycles. The minimum Gasteiger partial charge on any atom is -0.444 e. The number of nitrogens with two attached hydrogens (primary N) is 1. The number of hydrogen-bond acceptors (Lipinski definition) is 3. The molecule has 1 atom stereocenters. The van der Waals surface area contributed by atoms with E-state index in [0.717, 1.165) is 12.8 Å². The monoisotopic (exact) mass is 228 g/mol. The van der Waals surface area contributed by atoms with Crippen molar-refractivity contribution in [3.63, 3.8) is 0 Å². The van der Waals surface area contributed by atoms with E-state index in [4.69, 9.17) is 10.5 Å². The Morgan fingerprint density at radius 2 is 1.75 bits per heavy atom. The van der Waals surface area contributed by atoms with Crippen LogP contribution in [0.3, 0.4) is 0 Å². The summed E-state index contributed by atoms with van der Waals surface area (Å²) in [5.41, 5.74) is 3.75. The van der Waals surface area contributed by atoms with Crippen molar-refractivity contribution in [1.82, 2.24) is 5.32 Å². The zero-order valence-corrected chi connectivity index (χ0v) is 10.3. The Morgan fingerprint density at radius 1 is 1.25 bits per heavy atom. The van der Waals surface area contributed by atoms with Crippen LogP contribution in [0.2, 0.25) is 0 Å². The molecule has 16 heavy (non-hydrogen) atoms. The van der Waals surface area contributed by atoms with Gasteiger partial charge >= 0.3 is 6.09 Å². The Labute approximate surface area is 95.7 Å². The van der Waals surface area contributed by atoms with Crippen molar-refractivity contribution in [3.8, 4) is 0 Å². The predicted octanol–water partition coefficient (Wildman–Crippen LogP) is 1.17. The Morgan fingerprint density at radius 3 is 2.06 bits per heavy atom. The summed E-state index contributed by atoms with van der Waals surface area (Å²) in [6.07, 6.45) is 1.23. The van der Waals surface area contributed by atoms with Crippen molar-refractivity contribution in [1.29, 1.82) is 0 Å². The van der Waals surface area contributed by atoms with E-state index in [9.17, 15) is 9.59 Å². The first-order valence-corrected chi connectivity index (χ1v) is 5.46. The second-order valence-corrected chi connectivity index (χ2v) is 5.47. The van der Waals surface area contributed by atoms with Crippen molar-refractivity contribution < 1.29 is 14.3 Å². The van der Waals surface area contributed by atoms with Gasteiger partial charge in [0.2, 0.25) is 5.91 Å². The molecule has 0 aromatic heterocycles. The fraction of sp³-hybridized carbons (Fsp3) is 0.818. The summed E-state index contributed by atoms with van der Waals surface area (Å²) in [4.78, 5) is 22.9. The Balaban J connectivity index is 2.63. The van der Waals surface area contributed by atoms with Crippen LogP contribution >= 0.6 is 0 Å². The maximum absolute atomic E-state index is 11.6. The molecule has 1 fully saturated rings. The normalized spacial score (nSPS) is 19.8. The molecular formula is C11H20N2O3. The van der Waals surface area contributed by atoms with Crippen LogP contribution in [-0.4, -0.2) is 23.1 Å². The van der Waals surface area contributed by atoms with Gasteiger partial charge in [0, 0.05) is 0 Å². The molecule has 5 heteroatoms. The van der Waals surface area contributed by atoms with Crippen LogP contribution < -0.4 is 11.1 Å². The third-order valence-corrected chi connectivity index (χ3v) is 2.67. The highest BCUT2D eigenvalue weighted by Crippen LogP contribution is 2.39. The van der Waals surface area contributed by atoms with E-state index in [1.54, 1.807) is 27.7 Å². The molecule has 0 spiro atoms. The molecule has 0 bridgehead atoms. The van der Waals surface area contributed by atoms with Gasteiger partial charge in [-0.15, -0.1) is 0 Å². The second kappa shape index (κ2) is 3.96. The second-order valence-electron chi connectivity index (χ2n) is 5.47. The number of alkyl carbamates (subject to hydrolysis) is 1. The van der Waals surface area contributed by atoms with Gasteiger partial charge in [-0.2, -0.15) is 0 Å². The summed E-state index contributed by atoms with van der Waals surface area (Å²) in [6, 6.07) is 0. The molecular weight excluding hydrogens is 208 g/mol. The smallest absolute Gasteiger partial charge is 0.408 e. The molecule has 92 valence electrons. The van der Waals surface area contributed by atoms with Gasteiger partial charge in [-0.3, -0.25) is 4.79 Å². The van der Waals surface area contributed by atoms with Gasteiger partial charge in [0.15, 0.2) is 0 Å². The van der Waals surface area contributed by atoms with Crippen LogP contribution in [0.15, 0.2) is 0 Å². The van der Waals surface area contributed by atoms with E-state index in [1.807, 2.05) is 0 Å². The van der Waals surface area contributed by atoms with E-state index < -0.39 is 23.1 Å². The number of nitrogens with one attached hydrogen (secondary N) is 1. The SMILES string of the molecule is CC(C)(C)OC(=O)N[C@@](C)(C(N)=O)C1CC1. The molecule has 0 aromatic rings. The first-order chi connectivity index (χ1) is 7.15. The summed E-state index contributed by atoms with van der Waals surface area (Å²) >= 11 is 0. The van der Waals surface area contributed by atoms with Crippen molar-refractivity contribution >= 4 is 12.0 Å². The number of amides is 2. The molecule has 0 aliphatic heterocycles. The number of ether oxygens (including phenoxy) is 1. The van der Waals surface area contributed by atoms with Crippen LogP contribution in [0.25, 0.3) is 0 Å². The lowest BCUT2D eigenvalue weighted by Gasteiger charge is -2.29. The van der Waals surface area contributed by atoms with Crippen molar-refractivity contribution in [2.75, 3.05) is 0 Å². The molecule has 0 radical (unpaired) electrons. The van der Waals surface area contributed by atoms with Gasteiger partial charge in [0.05, 0.1) is 0 Å². The number of carbonyl (C=O) groups excluding carboxylic acids is 2. The van der Waals surface area contributed by atoms with Gasteiger partial charge in [0.1, 0.15) is 11.1 Å². The summed E-state index contributed by atoms with van der Waals surface area (Å²) < 4.78 is 5.10. The maximum Gasteiger partial charge on any atom is 0.408 e. The average molecular weight is 228 g/mol. The molecule has 1 aliphatic carbocycles. The fourth-order valence-corrected chi connectivity index (χ4v) is 1.54. The molecule has 5 nitrogen and oxygen atoms in total. The molecule has 3 N–H and O–H groups in total. The van der Waals surface area contributed by atoms with Crippen molar-refractivity contribution in [2.45, 2.75) is 51.7 Å². The van der Waals surface area contributed by atoms with Crippen molar-refractivity contribution in [2.24, 2.45) is 11.7 Å². The average Bonchev–Trinajstić information content (AvgIpc) is 2.80. The van der Waals surface area contributed by atoms with Gasteiger partial charge < -0.3 is 15.8 Å². The van der Waals surface area contributed by atoms with Gasteiger partial charge in [-0.1, -0.05) is 0 Å². The lowest BCUT2D eigenvalue weighted by Crippen LogP contribution is -2.57. The quantitative estimate of drug-likeness (QED) is 0.760. The highest BCUT2D eigenvalue weighted by atomic mass is 16.6. The van der Waals surface area contributed by atoms with Gasteiger partial charge in [0.25, 0.3) is 0 Å². The van der Waals surface area contributed by atoms with E-state index in [1.165, 1.54) is 0 Å². The van der Waals surface area contributed by atoms with Crippen LogP contribution in [0, 0.1) is 5.92 Å². The Bertz CT molecular complexity index is 305. The highest BCUT2D eigenvalue weighted by molar-refractivity contribution is 5.89. The summed E-state index contributed by atoms with van der Waals surface area (Å²) in [5, 5.41) is 2.58. The number of hydrogen-bond donors (Lipinski definition) is 2. The minimum atomic E-state index is -0.984. The molecule has 1 saturated carbocycles. The fourth-order valence-electron chi connectivity index (χ4n) is 1.54. The molecule has 1 rings (SSSR count). The summed E-state index contributed by atoms with van der Waals surface area (Å²) in [5.74, 6) is -0.377. The van der Waals surface area contributed by atoms with E-state index in [-0.39, 0.29) is 5.92 Å². The highest BCUT2D eigenvalue weighted by Gasteiger charge is 2.47. The lowest BCUT2D eigenvalue weighted by molar-refractivity contribution is -0.124. The van der Waals surface area contributed by atoms with Crippen molar-refractivity contribution in [3.05, 3.63) is 0 Å². The molecule has 0 heterocycles. The third kappa shape index (κ3) is 3.12. The zero-order valence-electron chi connectivity index (χ0n) is 10.3. The zero-order chi connectivity index (χ0) is 12.6. The first-order valence-electron chi connectivity index (χ1n) is 5.46. The number of carbonyl (C=O) groups is 2. The number of primary amides is 1. The first kappa shape index (κ1) is 12.8. The van der Waals surface area contributed by atoms with E-state index in [0.29, 0.717) is 0 Å². The third-order valence-electron chi connectivity index (χ3n) is 2.67. The van der Waals surface area contributed by atoms with Crippen LogP contribution in [0.4, 0.5) is 4.79 Å². The van der Waals surface area contributed by atoms with E-state index in [2.05, 4.69) is 5.32 Å². The molecule has 2 amide bonds. The largest absolute Gasteiger partial charge is 0.444 e.